The number of carbonyl (C=O) groups excluding carboxylic acids is 1. The average Bonchev–Trinajstić information content (AvgIpc) is 3.11. The highest BCUT2D eigenvalue weighted by Gasteiger charge is 2.24. The van der Waals surface area contributed by atoms with Crippen LogP contribution in [0.4, 0.5) is 5.69 Å². The highest BCUT2D eigenvalue weighted by Crippen LogP contribution is 2.37. The van der Waals surface area contributed by atoms with Crippen molar-refractivity contribution in [3.63, 3.8) is 0 Å². The summed E-state index contributed by atoms with van der Waals surface area (Å²) >= 11 is 21.1. The molecule has 3 aromatic carbocycles. The van der Waals surface area contributed by atoms with E-state index in [-0.39, 0.29) is 12.5 Å². The van der Waals surface area contributed by atoms with Gasteiger partial charge in [-0.05, 0) is 94.6 Å². The van der Waals surface area contributed by atoms with Crippen molar-refractivity contribution in [3.05, 3.63) is 94.7 Å². The van der Waals surface area contributed by atoms with E-state index in [0.29, 0.717) is 30.3 Å². The van der Waals surface area contributed by atoms with Gasteiger partial charge in [-0.2, -0.15) is 0 Å². The van der Waals surface area contributed by atoms with Crippen LogP contribution in [0.1, 0.15) is 22.3 Å². The first-order valence-corrected chi connectivity index (χ1v) is 13.3. The van der Waals surface area contributed by atoms with Crippen LogP contribution in [0.15, 0.2) is 67.4 Å². The van der Waals surface area contributed by atoms with Crippen molar-refractivity contribution in [2.24, 2.45) is 4.99 Å². The van der Waals surface area contributed by atoms with Crippen molar-refractivity contribution in [1.82, 2.24) is 5.32 Å². The Bertz CT molecular complexity index is 1310. The van der Waals surface area contributed by atoms with E-state index in [2.05, 4.69) is 42.2 Å². The van der Waals surface area contributed by atoms with E-state index in [4.69, 9.17) is 27.9 Å². The Morgan fingerprint density at radius 3 is 2.44 bits per heavy atom. The number of hydrogen-bond acceptors (Lipinski definition) is 4. The predicted octanol–water partition coefficient (Wildman–Crippen LogP) is 8.61. The zero-order chi connectivity index (χ0) is 24.4. The molecule has 34 heavy (non-hydrogen) atoms. The van der Waals surface area contributed by atoms with Crippen LogP contribution in [0.5, 0.6) is 5.75 Å². The molecule has 174 valence electrons. The van der Waals surface area contributed by atoms with Gasteiger partial charge in [0, 0.05) is 15.1 Å². The molecule has 0 radical (unpaired) electrons. The van der Waals surface area contributed by atoms with Gasteiger partial charge in [0.15, 0.2) is 10.9 Å². The minimum atomic E-state index is -0.208. The second-order valence-electron chi connectivity index (χ2n) is 7.57. The van der Waals surface area contributed by atoms with Gasteiger partial charge in [-0.3, -0.25) is 4.79 Å². The molecule has 0 saturated carbocycles. The minimum absolute atomic E-state index is 0.208. The van der Waals surface area contributed by atoms with Crippen LogP contribution in [0.3, 0.4) is 0 Å². The lowest BCUT2D eigenvalue weighted by molar-refractivity contribution is -0.115. The standard InChI is InChI=1S/C25H18Br2Cl2N2O2S/c1-13-7-17(8-14(2)22(13)27)30-25-31-24(32)21(34-25)11-15-9-18(26)23(20(29)10-15)33-12-16-5-3-4-6-19(16)28/h3-11H,12H2,1-2H3,(H,30,31,32)/b21-11-. The third-order valence-electron chi connectivity index (χ3n) is 4.95. The number of carbonyl (C=O) groups is 1. The van der Waals surface area contributed by atoms with Gasteiger partial charge < -0.3 is 10.1 Å². The normalized spacial score (nSPS) is 15.8. The van der Waals surface area contributed by atoms with E-state index in [1.165, 1.54) is 11.8 Å². The van der Waals surface area contributed by atoms with E-state index in [9.17, 15) is 4.79 Å². The first-order valence-electron chi connectivity index (χ1n) is 10.1. The number of ether oxygens (including phenoxy) is 1. The van der Waals surface area contributed by atoms with Crippen LogP contribution in [0.2, 0.25) is 10.0 Å². The van der Waals surface area contributed by atoms with E-state index >= 15 is 0 Å². The van der Waals surface area contributed by atoms with E-state index < -0.39 is 0 Å². The van der Waals surface area contributed by atoms with Crippen LogP contribution < -0.4 is 10.1 Å². The SMILES string of the molecule is Cc1cc(N=C2NC(=O)/C(=C/c3cc(Cl)c(OCc4ccccc4Cl)c(Br)c3)S2)cc(C)c1Br. The van der Waals surface area contributed by atoms with Gasteiger partial charge in [0.2, 0.25) is 0 Å². The maximum absolute atomic E-state index is 12.5. The zero-order valence-corrected chi connectivity index (χ0v) is 23.6. The number of aliphatic imine (C=N–C) groups is 1. The number of rotatable bonds is 5. The Morgan fingerprint density at radius 1 is 1.06 bits per heavy atom. The first kappa shape index (κ1) is 25.3. The molecular weight excluding hydrogens is 623 g/mol. The maximum Gasteiger partial charge on any atom is 0.264 e. The molecule has 0 atom stereocenters. The van der Waals surface area contributed by atoms with Gasteiger partial charge in [0.05, 0.1) is 20.1 Å². The molecule has 1 aliphatic heterocycles. The quantitative estimate of drug-likeness (QED) is 0.284. The van der Waals surface area contributed by atoms with Crippen molar-refractivity contribution in [2.75, 3.05) is 0 Å². The van der Waals surface area contributed by atoms with Crippen LogP contribution in [0, 0.1) is 13.8 Å². The van der Waals surface area contributed by atoms with Gasteiger partial charge >= 0.3 is 0 Å². The highest BCUT2D eigenvalue weighted by atomic mass is 79.9. The third kappa shape index (κ3) is 5.89. The summed E-state index contributed by atoms with van der Waals surface area (Å²) in [7, 11) is 0. The Hall–Kier alpha value is -1.77. The fourth-order valence-corrected chi connectivity index (χ4v) is 5.55. The van der Waals surface area contributed by atoms with Crippen molar-refractivity contribution in [1.29, 1.82) is 0 Å². The molecule has 1 saturated heterocycles. The number of amides is 1. The minimum Gasteiger partial charge on any atom is -0.486 e. The number of halogens is 4. The molecule has 3 aromatic rings. The first-order chi connectivity index (χ1) is 16.2. The molecule has 0 spiro atoms. The monoisotopic (exact) mass is 638 g/mol. The van der Waals surface area contributed by atoms with E-state index in [1.807, 2.05) is 56.3 Å². The number of aryl methyl sites for hydroxylation is 2. The van der Waals surface area contributed by atoms with Gasteiger partial charge in [0.25, 0.3) is 5.91 Å². The molecule has 4 rings (SSSR count). The van der Waals surface area contributed by atoms with Crippen LogP contribution in [-0.2, 0) is 11.4 Å². The number of thioether (sulfide) groups is 1. The Kier molecular flexibility index (Phi) is 8.10. The lowest BCUT2D eigenvalue weighted by atomic mass is 10.1. The Morgan fingerprint density at radius 2 is 1.76 bits per heavy atom. The molecule has 1 heterocycles. The Labute approximate surface area is 229 Å². The summed E-state index contributed by atoms with van der Waals surface area (Å²) in [6.45, 7) is 4.30. The molecular formula is C25H18Br2Cl2N2O2S. The molecule has 0 aliphatic carbocycles. The predicted molar refractivity (Wildman–Crippen MR) is 149 cm³/mol. The third-order valence-corrected chi connectivity index (χ3v) is 8.35. The van der Waals surface area contributed by atoms with Gasteiger partial charge in [-0.25, -0.2) is 4.99 Å². The topological polar surface area (TPSA) is 50.7 Å². The van der Waals surface area contributed by atoms with Crippen molar-refractivity contribution in [3.8, 4) is 5.75 Å². The number of benzene rings is 3. The molecule has 1 amide bonds. The van der Waals surface area contributed by atoms with Gasteiger partial charge in [-0.15, -0.1) is 0 Å². The molecule has 4 nitrogen and oxygen atoms in total. The molecule has 9 heteroatoms. The van der Waals surface area contributed by atoms with Crippen LogP contribution >= 0.6 is 66.8 Å². The molecule has 0 unspecified atom stereocenters. The Balaban J connectivity index is 1.52. The fraction of sp³-hybridized carbons (Fsp3) is 0.120. The lowest BCUT2D eigenvalue weighted by Gasteiger charge is -2.12. The number of amidine groups is 1. The van der Waals surface area contributed by atoms with Gasteiger partial charge in [-0.1, -0.05) is 57.3 Å². The van der Waals surface area contributed by atoms with Crippen molar-refractivity contribution < 1.29 is 9.53 Å². The molecule has 0 bridgehead atoms. The smallest absolute Gasteiger partial charge is 0.264 e. The molecule has 1 aliphatic rings. The number of hydrogen-bond donors (Lipinski definition) is 1. The summed E-state index contributed by atoms with van der Waals surface area (Å²) in [5.41, 5.74) is 4.58. The average molecular weight is 641 g/mol. The number of nitrogens with one attached hydrogen (secondary N) is 1. The summed E-state index contributed by atoms with van der Waals surface area (Å²) in [6.07, 6.45) is 1.77. The molecule has 0 aromatic heterocycles. The van der Waals surface area contributed by atoms with Crippen LogP contribution in [-0.4, -0.2) is 11.1 Å². The second kappa shape index (κ2) is 10.9. The summed E-state index contributed by atoms with van der Waals surface area (Å²) < 4.78 is 7.64. The van der Waals surface area contributed by atoms with Crippen LogP contribution in [0.25, 0.3) is 6.08 Å². The summed E-state index contributed by atoms with van der Waals surface area (Å²) in [5, 5.41) is 4.41. The number of nitrogens with zero attached hydrogens (tertiary/aromatic N) is 1. The summed E-state index contributed by atoms with van der Waals surface area (Å²) in [4.78, 5) is 17.6. The molecule has 1 N–H and O–H groups in total. The fourth-order valence-electron chi connectivity index (χ4n) is 3.30. The maximum atomic E-state index is 12.5. The van der Waals surface area contributed by atoms with Gasteiger partial charge in [0.1, 0.15) is 6.61 Å². The second-order valence-corrected chi connectivity index (χ2v) is 11.1. The summed E-state index contributed by atoms with van der Waals surface area (Å²) in [5.74, 6) is 0.302. The van der Waals surface area contributed by atoms with Crippen molar-refractivity contribution in [2.45, 2.75) is 20.5 Å². The van der Waals surface area contributed by atoms with Crippen molar-refractivity contribution >= 4 is 89.7 Å². The van der Waals surface area contributed by atoms with E-state index in [0.717, 1.165) is 32.4 Å². The summed E-state index contributed by atoms with van der Waals surface area (Å²) in [6, 6.07) is 15.0. The lowest BCUT2D eigenvalue weighted by Crippen LogP contribution is -2.19. The van der Waals surface area contributed by atoms with E-state index in [1.54, 1.807) is 12.1 Å². The highest BCUT2D eigenvalue weighted by molar-refractivity contribution is 9.10. The molecule has 1 fully saturated rings. The largest absolute Gasteiger partial charge is 0.486 e. The zero-order valence-electron chi connectivity index (χ0n) is 18.1.